The van der Waals surface area contributed by atoms with Gasteiger partial charge in [0.2, 0.25) is 5.91 Å². The van der Waals surface area contributed by atoms with Crippen molar-refractivity contribution in [2.75, 3.05) is 12.3 Å². The first-order valence-corrected chi connectivity index (χ1v) is 8.15. The summed E-state index contributed by atoms with van der Waals surface area (Å²) in [5, 5.41) is 11.1. The largest absolute Gasteiger partial charge is 0.477 e. The molecule has 0 spiro atoms. The van der Waals surface area contributed by atoms with Crippen LogP contribution in [0.1, 0.15) is 0 Å². The molecule has 0 bridgehead atoms. The maximum absolute atomic E-state index is 11.9. The average molecular weight is 333 g/mol. The number of hydrazine groups is 1. The highest BCUT2D eigenvalue weighted by atomic mass is 32.2. The molecule has 0 saturated carbocycles. The highest BCUT2D eigenvalue weighted by Gasteiger charge is 2.51. The Bertz CT molecular complexity index is 713. The van der Waals surface area contributed by atoms with E-state index in [-0.39, 0.29) is 17.0 Å². The predicted molar refractivity (Wildman–Crippen MR) is 83.8 cm³/mol. The summed E-state index contributed by atoms with van der Waals surface area (Å²) in [6.45, 7) is 0.411. The summed E-state index contributed by atoms with van der Waals surface area (Å²) < 4.78 is 0. The van der Waals surface area contributed by atoms with Gasteiger partial charge in [-0.3, -0.25) is 9.69 Å². The number of carbonyl (C=O) groups excluding carboxylic acids is 1. The molecule has 120 valence electrons. The van der Waals surface area contributed by atoms with Gasteiger partial charge < -0.3 is 21.2 Å². The van der Waals surface area contributed by atoms with E-state index in [2.05, 4.69) is 5.43 Å². The van der Waals surface area contributed by atoms with Crippen molar-refractivity contribution in [2.24, 2.45) is 5.73 Å². The van der Waals surface area contributed by atoms with Crippen molar-refractivity contribution in [1.82, 2.24) is 20.2 Å². The Morgan fingerprint density at radius 2 is 2.30 bits per heavy atom. The first-order valence-electron chi connectivity index (χ1n) is 7.10. The Kier molecular flexibility index (Phi) is 3.13. The van der Waals surface area contributed by atoms with Gasteiger partial charge in [0.25, 0.3) is 0 Å². The summed E-state index contributed by atoms with van der Waals surface area (Å²) in [7, 11) is 0. The normalized spacial score (nSPS) is 28.3. The van der Waals surface area contributed by atoms with Gasteiger partial charge in [-0.05, 0) is 17.7 Å². The molecule has 0 aromatic rings. The number of rotatable bonds is 3. The summed E-state index contributed by atoms with van der Waals surface area (Å²) in [5.41, 5.74) is 9.60. The topological polar surface area (TPSA) is 102 Å². The van der Waals surface area contributed by atoms with E-state index in [4.69, 9.17) is 5.73 Å². The minimum atomic E-state index is -1.08. The molecule has 1 saturated heterocycles. The van der Waals surface area contributed by atoms with Crippen LogP contribution in [0.4, 0.5) is 0 Å². The number of carboxylic acids is 1. The highest BCUT2D eigenvalue weighted by Crippen LogP contribution is 2.40. The molecule has 0 aromatic carbocycles. The van der Waals surface area contributed by atoms with Gasteiger partial charge in [0.15, 0.2) is 0 Å². The summed E-state index contributed by atoms with van der Waals surface area (Å²) in [6.07, 6.45) is 9.35. The molecule has 4 aliphatic heterocycles. The molecule has 4 aliphatic rings. The number of hydrogen-bond acceptors (Lipinski definition) is 7. The number of fused-ring (bicyclic) bond motifs is 2. The van der Waals surface area contributed by atoms with Crippen molar-refractivity contribution >= 4 is 23.6 Å². The van der Waals surface area contributed by atoms with Crippen molar-refractivity contribution in [1.29, 1.82) is 0 Å². The van der Waals surface area contributed by atoms with Crippen LogP contribution in [0.2, 0.25) is 0 Å². The van der Waals surface area contributed by atoms with Gasteiger partial charge in [-0.2, -0.15) is 0 Å². The zero-order chi connectivity index (χ0) is 16.1. The second kappa shape index (κ2) is 5.07. The van der Waals surface area contributed by atoms with E-state index in [0.29, 0.717) is 17.9 Å². The third-order valence-corrected chi connectivity index (χ3v) is 5.50. The summed E-state index contributed by atoms with van der Waals surface area (Å²) in [5.74, 6) is 0.0481. The first kappa shape index (κ1) is 14.2. The molecule has 2 atom stereocenters. The lowest BCUT2D eigenvalue weighted by atomic mass is 10.0. The Morgan fingerprint density at radius 1 is 1.48 bits per heavy atom. The second-order valence-corrected chi connectivity index (χ2v) is 6.61. The molecule has 8 nitrogen and oxygen atoms in total. The maximum atomic E-state index is 11.9. The van der Waals surface area contributed by atoms with Crippen LogP contribution in [0.3, 0.4) is 0 Å². The van der Waals surface area contributed by atoms with Gasteiger partial charge in [0, 0.05) is 30.9 Å². The van der Waals surface area contributed by atoms with Crippen LogP contribution in [0, 0.1) is 0 Å². The molecule has 0 radical (unpaired) electrons. The van der Waals surface area contributed by atoms with Crippen LogP contribution < -0.4 is 11.2 Å². The Hall–Kier alpha value is -2.39. The number of nitrogens with two attached hydrogens (primary N) is 1. The van der Waals surface area contributed by atoms with Crippen molar-refractivity contribution < 1.29 is 14.7 Å². The van der Waals surface area contributed by atoms with Crippen molar-refractivity contribution in [2.45, 2.75) is 11.4 Å². The van der Waals surface area contributed by atoms with Gasteiger partial charge in [0.05, 0.1) is 0 Å². The van der Waals surface area contributed by atoms with Crippen molar-refractivity contribution in [3.05, 3.63) is 47.8 Å². The Labute approximate surface area is 136 Å². The van der Waals surface area contributed by atoms with E-state index in [1.54, 1.807) is 6.20 Å². The predicted octanol–water partition coefficient (Wildman–Crippen LogP) is -0.470. The number of nitrogens with one attached hydrogen (secondary N) is 1. The molecule has 9 heteroatoms. The molecule has 0 aliphatic carbocycles. The lowest BCUT2D eigenvalue weighted by Gasteiger charge is -2.48. The van der Waals surface area contributed by atoms with Gasteiger partial charge in [0.1, 0.15) is 22.9 Å². The fourth-order valence-electron chi connectivity index (χ4n) is 3.02. The van der Waals surface area contributed by atoms with Crippen LogP contribution >= 0.6 is 11.8 Å². The fourth-order valence-corrected chi connectivity index (χ4v) is 4.30. The van der Waals surface area contributed by atoms with Crippen LogP contribution in [0.15, 0.2) is 47.8 Å². The third kappa shape index (κ3) is 2.04. The molecule has 0 aromatic heterocycles. The molecule has 4 rings (SSSR count). The smallest absolute Gasteiger partial charge is 0.352 e. The number of amides is 1. The number of aliphatic carboxylic acids is 1. The fraction of sp³-hybridized carbons (Fsp3) is 0.286. The highest BCUT2D eigenvalue weighted by molar-refractivity contribution is 8.00. The second-order valence-electron chi connectivity index (χ2n) is 5.50. The molecular weight excluding hydrogens is 318 g/mol. The summed E-state index contributed by atoms with van der Waals surface area (Å²) >= 11 is 1.51. The number of β-lactam (4-membered cyclic amide) rings is 1. The van der Waals surface area contributed by atoms with E-state index in [0.717, 1.165) is 5.82 Å². The monoisotopic (exact) mass is 333 g/mol. The number of nitrogens with zero attached hydrogens (tertiary/aromatic N) is 3. The van der Waals surface area contributed by atoms with Gasteiger partial charge in [-0.15, -0.1) is 11.8 Å². The van der Waals surface area contributed by atoms with E-state index < -0.39 is 12.0 Å². The number of thioether (sulfide) groups is 1. The van der Waals surface area contributed by atoms with E-state index in [1.807, 2.05) is 34.5 Å². The van der Waals surface area contributed by atoms with Crippen LogP contribution in [-0.2, 0) is 9.59 Å². The molecule has 1 fully saturated rings. The third-order valence-electron chi connectivity index (χ3n) is 4.14. The molecule has 4 N–H and O–H groups in total. The van der Waals surface area contributed by atoms with Gasteiger partial charge >= 0.3 is 5.97 Å². The SMILES string of the molecule is N[C@@H]1C(=O)N2C(C(=O)O)=C(CN3C=CN4NC=CC=C34)CS[C@H]12. The number of allylic oxidation sites excluding steroid dienone is 2. The molecular formula is C14H15N5O3S. The van der Waals surface area contributed by atoms with Gasteiger partial charge in [-0.1, -0.05) is 0 Å². The van der Waals surface area contributed by atoms with Crippen LogP contribution in [0.5, 0.6) is 0 Å². The average Bonchev–Trinajstić information content (AvgIpc) is 2.96. The lowest BCUT2D eigenvalue weighted by molar-refractivity contribution is -0.148. The number of carbonyl (C=O) groups is 2. The molecule has 23 heavy (non-hydrogen) atoms. The summed E-state index contributed by atoms with van der Waals surface area (Å²) in [4.78, 5) is 26.9. The molecule has 0 unspecified atom stereocenters. The Balaban J connectivity index is 1.63. The molecule has 4 heterocycles. The van der Waals surface area contributed by atoms with Crippen molar-refractivity contribution in [3.63, 3.8) is 0 Å². The zero-order valence-corrected chi connectivity index (χ0v) is 12.9. The quantitative estimate of drug-likeness (QED) is 0.596. The minimum absolute atomic E-state index is 0.0761. The zero-order valence-electron chi connectivity index (χ0n) is 12.0. The number of hydrogen-bond donors (Lipinski definition) is 3. The minimum Gasteiger partial charge on any atom is -0.477 e. The molecule has 1 amide bonds. The van der Waals surface area contributed by atoms with Crippen molar-refractivity contribution in [3.8, 4) is 0 Å². The summed E-state index contributed by atoms with van der Waals surface area (Å²) in [6, 6.07) is -0.603. The van der Waals surface area contributed by atoms with Crippen LogP contribution in [0.25, 0.3) is 0 Å². The van der Waals surface area contributed by atoms with E-state index in [9.17, 15) is 14.7 Å². The number of carboxylic acid groups (broad SMARTS) is 1. The Morgan fingerprint density at radius 3 is 3.09 bits per heavy atom. The lowest BCUT2D eigenvalue weighted by Crippen LogP contribution is -2.68. The van der Waals surface area contributed by atoms with E-state index in [1.165, 1.54) is 16.7 Å². The van der Waals surface area contributed by atoms with E-state index >= 15 is 0 Å². The first-order chi connectivity index (χ1) is 11.1. The maximum Gasteiger partial charge on any atom is 0.352 e. The standard InChI is InChI=1S/C14H15N5O3S/c15-10-12(20)19-11(14(21)22)8(7-23-13(10)19)6-17-4-5-18-9(17)2-1-3-16-18/h1-5,10,13,16H,6-7,15H2,(H,21,22)/t10-,13-/m1/s1. The van der Waals surface area contributed by atoms with Crippen LogP contribution in [-0.4, -0.2) is 55.5 Å². The van der Waals surface area contributed by atoms with Gasteiger partial charge in [-0.25, -0.2) is 9.80 Å².